The molecule has 0 aliphatic carbocycles. The van der Waals surface area contributed by atoms with E-state index in [9.17, 15) is 16.7 Å². The van der Waals surface area contributed by atoms with E-state index in [2.05, 4.69) is 15.9 Å². The zero-order valence-electron chi connectivity index (χ0n) is 6.51. The van der Waals surface area contributed by atoms with Gasteiger partial charge >= 0.3 is 10.2 Å². The van der Waals surface area contributed by atoms with Crippen molar-refractivity contribution in [3.8, 4) is 0 Å². The minimum Gasteiger partial charge on any atom is -0.204 e. The summed E-state index contributed by atoms with van der Waals surface area (Å²) in [5, 5.41) is 0. The predicted octanol–water partition coefficient (Wildman–Crippen LogP) is 2.55. The van der Waals surface area contributed by atoms with Crippen LogP contribution in [-0.4, -0.2) is 8.42 Å². The molecule has 72 valence electrons. The van der Waals surface area contributed by atoms with Crippen molar-refractivity contribution in [2.75, 3.05) is 0 Å². The molecule has 0 fully saturated rings. The normalized spacial score (nSPS) is 11.7. The molecule has 0 aliphatic rings. The first-order valence-electron chi connectivity index (χ1n) is 3.23. The first-order valence-corrected chi connectivity index (χ1v) is 5.41. The van der Waals surface area contributed by atoms with Gasteiger partial charge in [0.15, 0.2) is 5.82 Å². The van der Waals surface area contributed by atoms with Gasteiger partial charge in [-0.15, -0.1) is 3.89 Å². The van der Waals surface area contributed by atoms with Crippen molar-refractivity contribution in [1.82, 2.24) is 0 Å². The Kier molecular flexibility index (Phi) is 2.72. The van der Waals surface area contributed by atoms with E-state index in [1.165, 1.54) is 19.1 Å². The highest BCUT2D eigenvalue weighted by Gasteiger charge is 2.22. The van der Waals surface area contributed by atoms with E-state index >= 15 is 0 Å². The summed E-state index contributed by atoms with van der Waals surface area (Å²) in [7, 11) is -4.99. The molecule has 0 saturated carbocycles. The van der Waals surface area contributed by atoms with Gasteiger partial charge in [-0.3, -0.25) is 0 Å². The van der Waals surface area contributed by atoms with E-state index in [4.69, 9.17) is 0 Å². The van der Waals surface area contributed by atoms with Gasteiger partial charge in [0.05, 0.1) is 4.47 Å². The maximum absolute atomic E-state index is 13.1. The van der Waals surface area contributed by atoms with Crippen molar-refractivity contribution in [3.63, 3.8) is 0 Å². The van der Waals surface area contributed by atoms with Crippen LogP contribution in [0.2, 0.25) is 0 Å². The average Bonchev–Trinajstić information content (AvgIpc) is 1.95. The van der Waals surface area contributed by atoms with Crippen LogP contribution in [0.1, 0.15) is 5.56 Å². The Morgan fingerprint density at radius 3 is 2.31 bits per heavy atom. The van der Waals surface area contributed by atoms with Crippen LogP contribution in [0.3, 0.4) is 0 Å². The fraction of sp³-hybridized carbons (Fsp3) is 0.143. The third kappa shape index (κ3) is 2.05. The van der Waals surface area contributed by atoms with Crippen molar-refractivity contribution in [3.05, 3.63) is 28.0 Å². The Labute approximate surface area is 82.9 Å². The van der Waals surface area contributed by atoms with Crippen LogP contribution in [0.15, 0.2) is 21.5 Å². The van der Waals surface area contributed by atoms with Crippen molar-refractivity contribution >= 4 is 26.2 Å². The SMILES string of the molecule is Cc1ccc(Br)c(F)c1S(=O)(=O)F. The highest BCUT2D eigenvalue weighted by molar-refractivity contribution is 9.10. The maximum Gasteiger partial charge on any atom is 0.335 e. The number of rotatable bonds is 1. The van der Waals surface area contributed by atoms with Gasteiger partial charge < -0.3 is 0 Å². The second kappa shape index (κ2) is 3.34. The molecule has 0 radical (unpaired) electrons. The molecule has 0 amide bonds. The van der Waals surface area contributed by atoms with Crippen LogP contribution in [0.5, 0.6) is 0 Å². The quantitative estimate of drug-likeness (QED) is 0.735. The molecule has 1 aromatic carbocycles. The number of halogens is 3. The molecule has 1 aromatic rings. The van der Waals surface area contributed by atoms with Crippen molar-refractivity contribution in [1.29, 1.82) is 0 Å². The molecule has 0 heterocycles. The molecule has 0 bridgehead atoms. The van der Waals surface area contributed by atoms with Gasteiger partial charge in [0.2, 0.25) is 0 Å². The molecule has 2 nitrogen and oxygen atoms in total. The monoisotopic (exact) mass is 270 g/mol. The molecule has 6 heteroatoms. The maximum atomic E-state index is 13.1. The molecule has 0 aliphatic heterocycles. The van der Waals surface area contributed by atoms with Crippen LogP contribution in [0.25, 0.3) is 0 Å². The van der Waals surface area contributed by atoms with Crippen molar-refractivity contribution in [2.24, 2.45) is 0 Å². The predicted molar refractivity (Wildman–Crippen MR) is 47.1 cm³/mol. The van der Waals surface area contributed by atoms with Crippen LogP contribution in [0.4, 0.5) is 8.28 Å². The van der Waals surface area contributed by atoms with E-state index in [0.717, 1.165) is 0 Å². The highest BCUT2D eigenvalue weighted by atomic mass is 79.9. The van der Waals surface area contributed by atoms with E-state index in [1.807, 2.05) is 0 Å². The Balaban J connectivity index is 3.62. The average molecular weight is 271 g/mol. The summed E-state index contributed by atoms with van der Waals surface area (Å²) in [6, 6.07) is 2.64. The molecular formula is C7H5BrF2O2S. The molecule has 0 spiro atoms. The molecule has 13 heavy (non-hydrogen) atoms. The Morgan fingerprint density at radius 1 is 1.38 bits per heavy atom. The summed E-state index contributed by atoms with van der Waals surface area (Å²) >= 11 is 2.77. The number of aryl methyl sites for hydroxylation is 1. The Hall–Kier alpha value is -0.490. The zero-order valence-corrected chi connectivity index (χ0v) is 8.92. The van der Waals surface area contributed by atoms with Gasteiger partial charge in [0, 0.05) is 0 Å². The lowest BCUT2D eigenvalue weighted by Crippen LogP contribution is -2.00. The van der Waals surface area contributed by atoms with Gasteiger partial charge in [0.1, 0.15) is 4.90 Å². The second-order valence-electron chi connectivity index (χ2n) is 2.45. The molecule has 1 rings (SSSR count). The number of benzene rings is 1. The molecule has 0 unspecified atom stereocenters. The van der Waals surface area contributed by atoms with E-state index < -0.39 is 20.9 Å². The second-order valence-corrected chi connectivity index (χ2v) is 4.58. The minimum atomic E-state index is -4.99. The Bertz CT molecular complexity index is 442. The lowest BCUT2D eigenvalue weighted by Gasteiger charge is -2.03. The smallest absolute Gasteiger partial charge is 0.204 e. The molecule has 0 aromatic heterocycles. The molecule has 0 atom stereocenters. The molecule has 0 N–H and O–H groups in total. The van der Waals surface area contributed by atoms with Crippen LogP contribution in [-0.2, 0) is 10.2 Å². The number of hydrogen-bond donors (Lipinski definition) is 0. The fourth-order valence-corrected chi connectivity index (χ4v) is 2.17. The van der Waals surface area contributed by atoms with Crippen LogP contribution in [0, 0.1) is 12.7 Å². The van der Waals surface area contributed by atoms with Gasteiger partial charge in [-0.05, 0) is 34.5 Å². The summed E-state index contributed by atoms with van der Waals surface area (Å²) in [5.74, 6) is -1.09. The molecular weight excluding hydrogens is 266 g/mol. The van der Waals surface area contributed by atoms with Crippen LogP contribution >= 0.6 is 15.9 Å². The lowest BCUT2D eigenvalue weighted by atomic mass is 10.2. The summed E-state index contributed by atoms with van der Waals surface area (Å²) in [5.41, 5.74) is 0.0446. The first-order chi connectivity index (χ1) is 5.84. The summed E-state index contributed by atoms with van der Waals surface area (Å²) in [4.78, 5) is -0.901. The van der Waals surface area contributed by atoms with E-state index in [-0.39, 0.29) is 10.0 Å². The number of hydrogen-bond acceptors (Lipinski definition) is 2. The van der Waals surface area contributed by atoms with Gasteiger partial charge in [-0.2, -0.15) is 8.42 Å². The van der Waals surface area contributed by atoms with Crippen molar-refractivity contribution in [2.45, 2.75) is 11.8 Å². The minimum absolute atomic E-state index is 0.0446. The van der Waals surface area contributed by atoms with Gasteiger partial charge in [-0.1, -0.05) is 6.07 Å². The summed E-state index contributed by atoms with van der Waals surface area (Å²) < 4.78 is 46.6. The zero-order chi connectivity index (χ0) is 10.2. The Morgan fingerprint density at radius 2 is 1.92 bits per heavy atom. The summed E-state index contributed by atoms with van der Waals surface area (Å²) in [6.07, 6.45) is 0. The third-order valence-electron chi connectivity index (χ3n) is 1.49. The fourth-order valence-electron chi connectivity index (χ4n) is 0.928. The largest absolute Gasteiger partial charge is 0.335 e. The topological polar surface area (TPSA) is 34.1 Å². The van der Waals surface area contributed by atoms with Crippen molar-refractivity contribution < 1.29 is 16.7 Å². The van der Waals surface area contributed by atoms with Crippen LogP contribution < -0.4 is 0 Å². The van der Waals surface area contributed by atoms with E-state index in [1.54, 1.807) is 0 Å². The standard InChI is InChI=1S/C7H5BrF2O2S/c1-4-2-3-5(8)6(9)7(4)13(10,11)12/h2-3H,1H3. The highest BCUT2D eigenvalue weighted by Crippen LogP contribution is 2.26. The van der Waals surface area contributed by atoms with Gasteiger partial charge in [-0.25, -0.2) is 4.39 Å². The summed E-state index contributed by atoms with van der Waals surface area (Å²) in [6.45, 7) is 1.32. The van der Waals surface area contributed by atoms with E-state index in [0.29, 0.717) is 0 Å². The first kappa shape index (κ1) is 10.6. The lowest BCUT2D eigenvalue weighted by molar-refractivity contribution is 0.530. The molecule has 0 saturated heterocycles. The third-order valence-corrected chi connectivity index (χ3v) is 3.09. The van der Waals surface area contributed by atoms with Gasteiger partial charge in [0.25, 0.3) is 0 Å².